The molecule has 5 heterocycles. The lowest BCUT2D eigenvalue weighted by atomic mass is 9.79. The molecule has 6 rings (SSSR count). The number of nitrogens with one attached hydrogen (secondary N) is 7. The monoisotopic (exact) mass is 548 g/mol. The zero-order chi connectivity index (χ0) is 28.2. The maximum Gasteiger partial charge on any atom is 0.271 e. The Hall–Kier alpha value is -4.46. The second kappa shape index (κ2) is 9.33. The van der Waals surface area contributed by atoms with Crippen molar-refractivity contribution in [2.45, 2.75) is 55.6 Å². The molecule has 1 aromatic heterocycles. The summed E-state index contributed by atoms with van der Waals surface area (Å²) < 4.78 is 5.92. The standard InChI is InChI=1S/C26H32N10O4/c1-25(2)6-9-40-18-13(4-3-5-14(18)25)21(38)32-17-12-36-24(28)33-15(11-31-22(39)16-10-29-7-8-30-16)19-26(36,20(17)37)35-23(27)34-19/h3-5,7-8,10,15,17,19-20,37H,6,9,11-12H2,1-2H3,(H2,28,33)(H,31,39)(H,32,38)(H3,27,34,35)/t15-,17?,19?,20+,26?/m0/s1. The number of guanidine groups is 2. The molecule has 5 atom stereocenters. The smallest absolute Gasteiger partial charge is 0.271 e. The minimum Gasteiger partial charge on any atom is -0.492 e. The van der Waals surface area contributed by atoms with Gasteiger partial charge in [0, 0.05) is 31.0 Å². The molecule has 2 aromatic rings. The normalized spacial score (nSPS) is 29.5. The van der Waals surface area contributed by atoms with Gasteiger partial charge in [0.15, 0.2) is 17.6 Å². The number of hydrogen-bond donors (Lipinski definition) is 8. The molecule has 4 aliphatic rings. The minimum absolute atomic E-state index is 0.00280. The molecule has 3 saturated heterocycles. The van der Waals surface area contributed by atoms with E-state index in [1.165, 1.54) is 18.6 Å². The predicted molar refractivity (Wildman–Crippen MR) is 143 cm³/mol. The van der Waals surface area contributed by atoms with Crippen LogP contribution in [0.2, 0.25) is 0 Å². The van der Waals surface area contributed by atoms with Crippen molar-refractivity contribution in [1.82, 2.24) is 41.5 Å². The fraction of sp³-hybridized carbons (Fsp3) is 0.462. The zero-order valence-corrected chi connectivity index (χ0v) is 22.1. The summed E-state index contributed by atoms with van der Waals surface area (Å²) >= 11 is 0. The first-order chi connectivity index (χ1) is 19.1. The number of rotatable bonds is 5. The second-order valence-electron chi connectivity index (χ2n) is 11.1. The van der Waals surface area contributed by atoms with Crippen molar-refractivity contribution < 1.29 is 19.4 Å². The van der Waals surface area contributed by atoms with Gasteiger partial charge in [0.1, 0.15) is 17.5 Å². The van der Waals surface area contributed by atoms with E-state index in [0.29, 0.717) is 17.9 Å². The Morgan fingerprint density at radius 1 is 1.23 bits per heavy atom. The number of carbonyl (C=O) groups excluding carboxylic acids is 2. The summed E-state index contributed by atoms with van der Waals surface area (Å²) in [4.78, 5) is 35.6. The predicted octanol–water partition coefficient (Wildman–Crippen LogP) is -1.16. The van der Waals surface area contributed by atoms with Gasteiger partial charge in [0.25, 0.3) is 11.8 Å². The van der Waals surface area contributed by atoms with Gasteiger partial charge in [-0.15, -0.1) is 0 Å². The van der Waals surface area contributed by atoms with Crippen LogP contribution in [-0.2, 0) is 5.41 Å². The fourth-order valence-corrected chi connectivity index (χ4v) is 6.20. The molecule has 0 bridgehead atoms. The van der Waals surface area contributed by atoms with E-state index < -0.39 is 35.8 Å². The highest BCUT2D eigenvalue weighted by atomic mass is 16.5. The number of benzene rings is 1. The number of para-hydroxylation sites is 1. The third-order valence-electron chi connectivity index (χ3n) is 8.31. The average molecular weight is 549 g/mol. The van der Waals surface area contributed by atoms with E-state index in [0.717, 1.165) is 12.0 Å². The Labute approximate surface area is 230 Å². The molecule has 14 nitrogen and oxygen atoms in total. The summed E-state index contributed by atoms with van der Waals surface area (Å²) in [5.74, 6) is -0.312. The molecule has 8 N–H and O–H groups in total. The van der Waals surface area contributed by atoms with E-state index in [2.05, 4.69) is 50.4 Å². The van der Waals surface area contributed by atoms with Crippen LogP contribution in [0.15, 0.2) is 36.8 Å². The summed E-state index contributed by atoms with van der Waals surface area (Å²) in [6.45, 7) is 4.94. The van der Waals surface area contributed by atoms with E-state index in [-0.39, 0.29) is 42.0 Å². The number of amides is 2. The van der Waals surface area contributed by atoms with Crippen LogP contribution >= 0.6 is 0 Å². The number of aromatic nitrogens is 2. The van der Waals surface area contributed by atoms with Gasteiger partial charge in [-0.2, -0.15) is 0 Å². The highest BCUT2D eigenvalue weighted by molar-refractivity contribution is 5.98. The van der Waals surface area contributed by atoms with Crippen molar-refractivity contribution in [2.75, 3.05) is 19.7 Å². The third kappa shape index (κ3) is 3.97. The molecule has 3 fully saturated rings. The van der Waals surface area contributed by atoms with Crippen LogP contribution in [0.5, 0.6) is 5.75 Å². The molecule has 0 saturated carbocycles. The van der Waals surface area contributed by atoms with E-state index in [1.54, 1.807) is 11.0 Å². The van der Waals surface area contributed by atoms with Crippen LogP contribution in [0, 0.1) is 10.8 Å². The largest absolute Gasteiger partial charge is 0.492 e. The van der Waals surface area contributed by atoms with Gasteiger partial charge in [-0.3, -0.25) is 25.4 Å². The highest BCUT2D eigenvalue weighted by Crippen LogP contribution is 2.41. The number of carbonyl (C=O) groups is 2. The molecule has 1 spiro atoms. The second-order valence-corrected chi connectivity index (χ2v) is 11.1. The first-order valence-electron chi connectivity index (χ1n) is 13.2. The summed E-state index contributed by atoms with van der Waals surface area (Å²) in [6.07, 6.45) is 3.88. The quantitative estimate of drug-likeness (QED) is 0.225. The number of aliphatic hydroxyl groups is 1. The highest BCUT2D eigenvalue weighted by Gasteiger charge is 2.66. The van der Waals surface area contributed by atoms with E-state index in [4.69, 9.17) is 15.6 Å². The number of nitrogens with zero attached hydrogens (tertiary/aromatic N) is 3. The molecule has 1 aromatic carbocycles. The summed E-state index contributed by atoms with van der Waals surface area (Å²) in [5, 5.41) is 43.5. The van der Waals surface area contributed by atoms with Gasteiger partial charge in [-0.25, -0.2) is 4.98 Å². The zero-order valence-electron chi connectivity index (χ0n) is 22.1. The molecule has 4 aliphatic heterocycles. The van der Waals surface area contributed by atoms with E-state index in [9.17, 15) is 14.7 Å². The summed E-state index contributed by atoms with van der Waals surface area (Å²) in [6, 6.07) is 3.54. The molecule has 2 amide bonds. The molecular weight excluding hydrogens is 516 g/mol. The van der Waals surface area contributed by atoms with Gasteiger partial charge < -0.3 is 41.3 Å². The van der Waals surface area contributed by atoms with Crippen molar-refractivity contribution in [1.29, 1.82) is 10.8 Å². The van der Waals surface area contributed by atoms with Gasteiger partial charge >= 0.3 is 0 Å². The van der Waals surface area contributed by atoms with E-state index >= 15 is 0 Å². The maximum atomic E-state index is 13.5. The molecule has 210 valence electrons. The Bertz CT molecular complexity index is 1380. The molecule has 3 unspecified atom stereocenters. The number of fused-ring (bicyclic) bond motifs is 1. The summed E-state index contributed by atoms with van der Waals surface area (Å²) in [5.41, 5.74) is 0.0608. The molecular formula is C26H32N10O4. The molecule has 0 radical (unpaired) electrons. The summed E-state index contributed by atoms with van der Waals surface area (Å²) in [7, 11) is 0. The van der Waals surface area contributed by atoms with Crippen molar-refractivity contribution in [3.8, 4) is 5.75 Å². The van der Waals surface area contributed by atoms with Crippen molar-refractivity contribution in [3.63, 3.8) is 0 Å². The molecule has 40 heavy (non-hydrogen) atoms. The lowest BCUT2D eigenvalue weighted by molar-refractivity contribution is 0.00611. The van der Waals surface area contributed by atoms with Gasteiger partial charge in [0.05, 0.1) is 36.5 Å². The van der Waals surface area contributed by atoms with E-state index in [1.807, 2.05) is 12.1 Å². The molecule has 14 heteroatoms. The lowest BCUT2D eigenvalue weighted by Gasteiger charge is -2.49. The Morgan fingerprint density at radius 3 is 2.83 bits per heavy atom. The number of aliphatic hydroxyl groups excluding tert-OH is 1. The SMILES string of the molecule is CC1(C)CCOc2c(C(=O)NC3CN4C(=N)N[C@@H](CNC(=O)c5cnccn5)C5NC(=N)NC54[C@@H]3O)cccc21. The third-order valence-corrected chi connectivity index (χ3v) is 8.31. The van der Waals surface area contributed by atoms with Crippen LogP contribution in [-0.4, -0.2) is 93.3 Å². The minimum atomic E-state index is -1.30. The Kier molecular flexibility index (Phi) is 6.02. The van der Waals surface area contributed by atoms with Crippen LogP contribution < -0.4 is 31.3 Å². The fourth-order valence-electron chi connectivity index (χ4n) is 6.20. The Morgan fingerprint density at radius 2 is 2.05 bits per heavy atom. The molecule has 0 aliphatic carbocycles. The van der Waals surface area contributed by atoms with Crippen LogP contribution in [0.25, 0.3) is 0 Å². The van der Waals surface area contributed by atoms with Gasteiger partial charge in [-0.05, 0) is 17.9 Å². The van der Waals surface area contributed by atoms with Crippen molar-refractivity contribution >= 4 is 23.7 Å². The van der Waals surface area contributed by atoms with Crippen molar-refractivity contribution in [2.24, 2.45) is 0 Å². The van der Waals surface area contributed by atoms with Gasteiger partial charge in [0.2, 0.25) is 0 Å². The maximum absolute atomic E-state index is 13.5. The van der Waals surface area contributed by atoms with Crippen LogP contribution in [0.3, 0.4) is 0 Å². The topological polar surface area (TPSA) is 200 Å². The number of ether oxygens (including phenoxy) is 1. The first kappa shape index (κ1) is 25.8. The van der Waals surface area contributed by atoms with Crippen LogP contribution in [0.1, 0.15) is 46.7 Å². The van der Waals surface area contributed by atoms with Gasteiger partial charge in [-0.1, -0.05) is 26.0 Å². The average Bonchev–Trinajstić information content (AvgIpc) is 3.43. The Balaban J connectivity index is 1.23. The lowest BCUT2D eigenvalue weighted by Crippen LogP contribution is -2.78. The van der Waals surface area contributed by atoms with Crippen molar-refractivity contribution in [3.05, 3.63) is 53.6 Å². The number of hydrogen-bond acceptors (Lipinski definition) is 8. The first-order valence-corrected chi connectivity index (χ1v) is 13.2. The van der Waals surface area contributed by atoms with Crippen LogP contribution in [0.4, 0.5) is 0 Å².